The van der Waals surface area contributed by atoms with Crippen molar-refractivity contribution < 1.29 is 0 Å². The van der Waals surface area contributed by atoms with Gasteiger partial charge in [-0.2, -0.15) is 0 Å². The first-order chi connectivity index (χ1) is 6.31. The molecule has 1 aliphatic rings. The van der Waals surface area contributed by atoms with Gasteiger partial charge in [0.05, 0.1) is 0 Å². The molecule has 13 heavy (non-hydrogen) atoms. The SMILES string of the molecule is C=CCC1C[C@@H]1c1ccc(Br)cc1. The van der Waals surface area contributed by atoms with Crippen molar-refractivity contribution in [3.8, 4) is 0 Å². The lowest BCUT2D eigenvalue weighted by molar-refractivity contribution is 0.821. The van der Waals surface area contributed by atoms with Crippen LogP contribution in [0.2, 0.25) is 0 Å². The highest BCUT2D eigenvalue weighted by molar-refractivity contribution is 9.10. The Morgan fingerprint density at radius 1 is 1.38 bits per heavy atom. The number of halogens is 1. The van der Waals surface area contributed by atoms with Crippen LogP contribution >= 0.6 is 15.9 Å². The molecule has 0 radical (unpaired) electrons. The Hall–Kier alpha value is -0.560. The second-order valence-corrected chi connectivity index (χ2v) is 4.59. The largest absolute Gasteiger partial charge is 0.103 e. The van der Waals surface area contributed by atoms with E-state index in [1.807, 2.05) is 6.08 Å². The fourth-order valence-corrected chi connectivity index (χ4v) is 2.10. The molecule has 1 aromatic carbocycles. The highest BCUT2D eigenvalue weighted by Crippen LogP contribution is 2.49. The normalized spacial score (nSPS) is 25.6. The van der Waals surface area contributed by atoms with Gasteiger partial charge in [-0.1, -0.05) is 34.1 Å². The second kappa shape index (κ2) is 3.67. The molecule has 0 saturated heterocycles. The molecule has 1 unspecified atom stereocenters. The molecule has 1 fully saturated rings. The van der Waals surface area contributed by atoms with Crippen molar-refractivity contribution in [1.29, 1.82) is 0 Å². The van der Waals surface area contributed by atoms with Crippen LogP contribution in [0, 0.1) is 5.92 Å². The lowest BCUT2D eigenvalue weighted by Crippen LogP contribution is -1.81. The average Bonchev–Trinajstić information content (AvgIpc) is 2.86. The number of rotatable bonds is 3. The Labute approximate surface area is 87.8 Å². The highest BCUT2D eigenvalue weighted by Gasteiger charge is 2.36. The summed E-state index contributed by atoms with van der Waals surface area (Å²) in [5, 5.41) is 0. The van der Waals surface area contributed by atoms with E-state index in [2.05, 4.69) is 46.8 Å². The highest BCUT2D eigenvalue weighted by atomic mass is 79.9. The Morgan fingerprint density at radius 2 is 2.08 bits per heavy atom. The Bertz CT molecular complexity index is 299. The molecule has 2 atom stereocenters. The van der Waals surface area contributed by atoms with E-state index in [9.17, 15) is 0 Å². The topological polar surface area (TPSA) is 0 Å². The second-order valence-electron chi connectivity index (χ2n) is 3.68. The van der Waals surface area contributed by atoms with E-state index in [0.717, 1.165) is 16.3 Å². The molecular weight excluding hydrogens is 224 g/mol. The third-order valence-corrected chi connectivity index (χ3v) is 3.22. The average molecular weight is 237 g/mol. The minimum atomic E-state index is 0.797. The summed E-state index contributed by atoms with van der Waals surface area (Å²) in [5.74, 6) is 1.66. The fourth-order valence-electron chi connectivity index (χ4n) is 1.84. The van der Waals surface area contributed by atoms with Crippen LogP contribution in [-0.2, 0) is 0 Å². The van der Waals surface area contributed by atoms with Gasteiger partial charge < -0.3 is 0 Å². The van der Waals surface area contributed by atoms with Crippen molar-refractivity contribution in [2.45, 2.75) is 18.8 Å². The summed E-state index contributed by atoms with van der Waals surface area (Å²) in [7, 11) is 0. The number of hydrogen-bond acceptors (Lipinski definition) is 0. The molecule has 0 bridgehead atoms. The molecule has 1 heteroatoms. The van der Waals surface area contributed by atoms with E-state index >= 15 is 0 Å². The summed E-state index contributed by atoms with van der Waals surface area (Å²) in [6.07, 6.45) is 4.54. The Morgan fingerprint density at radius 3 is 2.69 bits per heavy atom. The van der Waals surface area contributed by atoms with Crippen LogP contribution in [-0.4, -0.2) is 0 Å². The number of hydrogen-bond donors (Lipinski definition) is 0. The minimum Gasteiger partial charge on any atom is -0.103 e. The maximum absolute atomic E-state index is 3.78. The van der Waals surface area contributed by atoms with Crippen LogP contribution in [0.5, 0.6) is 0 Å². The van der Waals surface area contributed by atoms with Gasteiger partial charge in [-0.05, 0) is 42.4 Å². The van der Waals surface area contributed by atoms with E-state index in [-0.39, 0.29) is 0 Å². The van der Waals surface area contributed by atoms with Gasteiger partial charge in [0.15, 0.2) is 0 Å². The quantitative estimate of drug-likeness (QED) is 0.693. The predicted octanol–water partition coefficient (Wildman–Crippen LogP) is 4.13. The summed E-state index contributed by atoms with van der Waals surface area (Å²) in [6.45, 7) is 3.78. The van der Waals surface area contributed by atoms with Crippen molar-refractivity contribution in [3.63, 3.8) is 0 Å². The van der Waals surface area contributed by atoms with Gasteiger partial charge in [0.25, 0.3) is 0 Å². The van der Waals surface area contributed by atoms with Gasteiger partial charge in [-0.3, -0.25) is 0 Å². The van der Waals surface area contributed by atoms with Crippen LogP contribution < -0.4 is 0 Å². The Balaban J connectivity index is 2.03. The summed E-state index contributed by atoms with van der Waals surface area (Å²) < 4.78 is 1.16. The lowest BCUT2D eigenvalue weighted by Gasteiger charge is -1.98. The first-order valence-corrected chi connectivity index (χ1v) is 5.47. The van der Waals surface area contributed by atoms with E-state index in [1.165, 1.54) is 18.4 Å². The molecule has 1 aliphatic carbocycles. The van der Waals surface area contributed by atoms with E-state index < -0.39 is 0 Å². The first kappa shape index (κ1) is 9.01. The molecule has 0 aromatic heterocycles. The smallest absolute Gasteiger partial charge is 0.0175 e. The van der Waals surface area contributed by atoms with Gasteiger partial charge in [0, 0.05) is 4.47 Å². The molecule has 0 amide bonds. The number of allylic oxidation sites excluding steroid dienone is 1. The molecule has 0 nitrogen and oxygen atoms in total. The van der Waals surface area contributed by atoms with Gasteiger partial charge in [0.2, 0.25) is 0 Å². The van der Waals surface area contributed by atoms with Crippen LogP contribution in [0.25, 0.3) is 0 Å². The van der Waals surface area contributed by atoms with Crippen LogP contribution in [0.15, 0.2) is 41.4 Å². The predicted molar refractivity (Wildman–Crippen MR) is 59.8 cm³/mol. The molecule has 0 heterocycles. The zero-order chi connectivity index (χ0) is 9.26. The zero-order valence-corrected chi connectivity index (χ0v) is 9.13. The summed E-state index contributed by atoms with van der Waals surface area (Å²) >= 11 is 3.44. The first-order valence-electron chi connectivity index (χ1n) is 4.67. The third-order valence-electron chi connectivity index (χ3n) is 2.69. The molecule has 1 aromatic rings. The van der Waals surface area contributed by atoms with Crippen LogP contribution in [0.3, 0.4) is 0 Å². The van der Waals surface area contributed by atoms with Crippen molar-refractivity contribution in [1.82, 2.24) is 0 Å². The van der Waals surface area contributed by atoms with Crippen LogP contribution in [0.4, 0.5) is 0 Å². The maximum Gasteiger partial charge on any atom is 0.0175 e. The molecule has 0 spiro atoms. The van der Waals surface area contributed by atoms with Gasteiger partial charge in [0.1, 0.15) is 0 Å². The van der Waals surface area contributed by atoms with E-state index in [1.54, 1.807) is 0 Å². The summed E-state index contributed by atoms with van der Waals surface area (Å²) in [4.78, 5) is 0. The fraction of sp³-hybridized carbons (Fsp3) is 0.333. The van der Waals surface area contributed by atoms with Gasteiger partial charge in [-0.25, -0.2) is 0 Å². The van der Waals surface area contributed by atoms with Gasteiger partial charge in [-0.15, -0.1) is 6.58 Å². The molecule has 1 saturated carbocycles. The van der Waals surface area contributed by atoms with Crippen molar-refractivity contribution in [3.05, 3.63) is 47.0 Å². The lowest BCUT2D eigenvalue weighted by atomic mass is 10.1. The van der Waals surface area contributed by atoms with Crippen LogP contribution in [0.1, 0.15) is 24.3 Å². The van der Waals surface area contributed by atoms with Crippen molar-refractivity contribution in [2.75, 3.05) is 0 Å². The minimum absolute atomic E-state index is 0.797. The Kier molecular flexibility index (Phi) is 2.54. The molecular formula is C12H13Br. The summed E-state index contributed by atoms with van der Waals surface area (Å²) in [6, 6.07) is 8.69. The van der Waals surface area contributed by atoms with Crippen molar-refractivity contribution in [2.24, 2.45) is 5.92 Å². The van der Waals surface area contributed by atoms with E-state index in [0.29, 0.717) is 0 Å². The number of benzene rings is 1. The standard InChI is InChI=1S/C12H13Br/c1-2-3-10-8-12(10)9-4-6-11(13)7-5-9/h2,4-7,10,12H,1,3,8H2/t10?,12-/m1/s1. The monoisotopic (exact) mass is 236 g/mol. The molecule has 68 valence electrons. The zero-order valence-electron chi connectivity index (χ0n) is 7.54. The molecule has 2 rings (SSSR count). The molecule has 0 N–H and O–H groups in total. The third kappa shape index (κ3) is 2.02. The van der Waals surface area contributed by atoms with E-state index in [4.69, 9.17) is 0 Å². The van der Waals surface area contributed by atoms with Crippen molar-refractivity contribution >= 4 is 15.9 Å². The maximum atomic E-state index is 3.78. The van der Waals surface area contributed by atoms with Gasteiger partial charge >= 0.3 is 0 Å². The summed E-state index contributed by atoms with van der Waals surface area (Å²) in [5.41, 5.74) is 1.48. The molecule has 0 aliphatic heterocycles.